The molecule has 0 radical (unpaired) electrons. The minimum atomic E-state index is -0.536. The normalized spacial score (nSPS) is 18.3. The fraction of sp³-hybridized carbons (Fsp3) is 0.615. The Kier molecular flexibility index (Phi) is 3.50. The molecule has 0 bridgehead atoms. The molecule has 0 aromatic carbocycles. The van der Waals surface area contributed by atoms with Crippen molar-refractivity contribution in [2.75, 3.05) is 6.61 Å². The number of carbonyl (C=O) groups is 1. The summed E-state index contributed by atoms with van der Waals surface area (Å²) in [5.41, 5.74) is -0.106. The van der Waals surface area contributed by atoms with Crippen LogP contribution in [-0.4, -0.2) is 17.1 Å². The molecule has 98 valence electrons. The van der Waals surface area contributed by atoms with Gasteiger partial charge in [-0.1, -0.05) is 0 Å². The largest absolute Gasteiger partial charge is 0.462 e. The number of hydrogen-bond donors (Lipinski definition) is 0. The molecule has 2 heterocycles. The fourth-order valence-corrected chi connectivity index (χ4v) is 2.53. The minimum absolute atomic E-state index is 0.122. The van der Waals surface area contributed by atoms with Crippen LogP contribution in [0.1, 0.15) is 48.9 Å². The molecule has 18 heavy (non-hydrogen) atoms. The van der Waals surface area contributed by atoms with Gasteiger partial charge in [-0.15, -0.1) is 0 Å². The molecule has 1 aromatic rings. The standard InChI is InChI=1S/C13H19N2O3/c1-4-18-13(17)10-8-14(3)11-7-5-6-9(2)15(11)12(10)16/h8-9H,4-7H2,1-3H3/q+1. The van der Waals surface area contributed by atoms with Gasteiger partial charge >= 0.3 is 11.5 Å². The van der Waals surface area contributed by atoms with Gasteiger partial charge in [0.2, 0.25) is 0 Å². The molecule has 5 heteroatoms. The molecule has 1 aliphatic rings. The molecular weight excluding hydrogens is 232 g/mol. The highest BCUT2D eigenvalue weighted by molar-refractivity contribution is 5.88. The van der Waals surface area contributed by atoms with Gasteiger partial charge in [0.05, 0.1) is 13.7 Å². The van der Waals surface area contributed by atoms with Crippen molar-refractivity contribution < 1.29 is 14.1 Å². The van der Waals surface area contributed by atoms with Gasteiger partial charge in [0.25, 0.3) is 5.82 Å². The highest BCUT2D eigenvalue weighted by atomic mass is 16.5. The summed E-state index contributed by atoms with van der Waals surface area (Å²) in [6.45, 7) is 4.02. The second-order valence-electron chi connectivity index (χ2n) is 4.71. The maximum atomic E-state index is 12.3. The number of ether oxygens (including phenoxy) is 1. The molecule has 2 rings (SSSR count). The molecule has 0 aliphatic carbocycles. The Hall–Kier alpha value is -1.65. The lowest BCUT2D eigenvalue weighted by Gasteiger charge is -2.19. The van der Waals surface area contributed by atoms with Crippen LogP contribution in [0.15, 0.2) is 11.0 Å². The van der Waals surface area contributed by atoms with Crippen molar-refractivity contribution in [3.8, 4) is 0 Å². The molecule has 0 saturated heterocycles. The minimum Gasteiger partial charge on any atom is -0.462 e. The topological polar surface area (TPSA) is 52.2 Å². The zero-order chi connectivity index (χ0) is 13.3. The van der Waals surface area contributed by atoms with Gasteiger partial charge in [0, 0.05) is 6.42 Å². The van der Waals surface area contributed by atoms with Crippen molar-refractivity contribution in [1.29, 1.82) is 0 Å². The van der Waals surface area contributed by atoms with E-state index in [1.807, 2.05) is 18.5 Å². The van der Waals surface area contributed by atoms with Crippen molar-refractivity contribution >= 4 is 5.97 Å². The van der Waals surface area contributed by atoms with Crippen LogP contribution in [0.2, 0.25) is 0 Å². The number of aromatic nitrogens is 2. The summed E-state index contributed by atoms with van der Waals surface area (Å²) in [6, 6.07) is 0.141. The summed E-state index contributed by atoms with van der Waals surface area (Å²) in [5.74, 6) is 0.443. The Morgan fingerprint density at radius 3 is 3.00 bits per heavy atom. The number of fused-ring (bicyclic) bond motifs is 1. The maximum absolute atomic E-state index is 12.3. The van der Waals surface area contributed by atoms with Crippen molar-refractivity contribution in [2.45, 2.75) is 39.2 Å². The molecule has 0 spiro atoms. The highest BCUT2D eigenvalue weighted by Crippen LogP contribution is 2.19. The number of esters is 1. The van der Waals surface area contributed by atoms with Crippen molar-refractivity contribution in [3.05, 3.63) is 27.9 Å². The second-order valence-corrected chi connectivity index (χ2v) is 4.71. The van der Waals surface area contributed by atoms with E-state index in [2.05, 4.69) is 0 Å². The first-order valence-corrected chi connectivity index (χ1v) is 6.37. The van der Waals surface area contributed by atoms with Crippen molar-refractivity contribution in [1.82, 2.24) is 4.57 Å². The zero-order valence-corrected chi connectivity index (χ0v) is 11.1. The van der Waals surface area contributed by atoms with Crippen LogP contribution < -0.4 is 10.1 Å². The molecule has 1 aromatic heterocycles. The Morgan fingerprint density at radius 1 is 1.61 bits per heavy atom. The van der Waals surface area contributed by atoms with Gasteiger partial charge in [-0.2, -0.15) is 4.57 Å². The average molecular weight is 251 g/mol. The van der Waals surface area contributed by atoms with Gasteiger partial charge in [-0.05, 0) is 26.7 Å². The zero-order valence-electron chi connectivity index (χ0n) is 11.1. The van der Waals surface area contributed by atoms with E-state index in [9.17, 15) is 9.59 Å². The van der Waals surface area contributed by atoms with E-state index in [4.69, 9.17) is 4.74 Å². The maximum Gasteiger partial charge on any atom is 0.352 e. The van der Waals surface area contributed by atoms with E-state index < -0.39 is 5.97 Å². The van der Waals surface area contributed by atoms with Crippen LogP contribution >= 0.6 is 0 Å². The lowest BCUT2D eigenvalue weighted by atomic mass is 10.0. The first-order valence-electron chi connectivity index (χ1n) is 6.37. The number of rotatable bonds is 2. The second kappa shape index (κ2) is 4.92. The van der Waals surface area contributed by atoms with Crippen molar-refractivity contribution in [2.24, 2.45) is 7.05 Å². The van der Waals surface area contributed by atoms with Crippen LogP contribution in [0, 0.1) is 0 Å². The third-order valence-electron chi connectivity index (χ3n) is 3.42. The number of aryl methyl sites for hydroxylation is 1. The van der Waals surface area contributed by atoms with E-state index in [0.717, 1.165) is 25.1 Å². The van der Waals surface area contributed by atoms with Gasteiger partial charge in [0.15, 0.2) is 5.56 Å². The predicted molar refractivity (Wildman–Crippen MR) is 65.5 cm³/mol. The Balaban J connectivity index is 2.59. The number of carbonyl (C=O) groups excluding carboxylic acids is 1. The quantitative estimate of drug-likeness (QED) is 0.575. The Labute approximate surface area is 106 Å². The third kappa shape index (κ3) is 2.05. The van der Waals surface area contributed by atoms with Gasteiger partial charge < -0.3 is 4.74 Å². The Morgan fingerprint density at radius 2 is 2.33 bits per heavy atom. The fourth-order valence-electron chi connectivity index (χ4n) is 2.53. The smallest absolute Gasteiger partial charge is 0.352 e. The molecule has 1 unspecified atom stereocenters. The molecule has 0 N–H and O–H groups in total. The van der Waals surface area contributed by atoms with E-state index in [-0.39, 0.29) is 23.8 Å². The average Bonchev–Trinajstić information content (AvgIpc) is 2.33. The monoisotopic (exact) mass is 251 g/mol. The Bertz CT molecular complexity index is 534. The van der Waals surface area contributed by atoms with Crippen LogP contribution in [0.5, 0.6) is 0 Å². The molecule has 0 fully saturated rings. The van der Waals surface area contributed by atoms with Gasteiger partial charge in [0.1, 0.15) is 12.2 Å². The SMILES string of the molecule is CCOC(=O)c1c[n+](C)c2n(c1=O)C(C)CCC2. The summed E-state index contributed by atoms with van der Waals surface area (Å²) in [6.07, 6.45) is 4.51. The lowest BCUT2D eigenvalue weighted by molar-refractivity contribution is -0.685. The molecule has 1 atom stereocenters. The lowest BCUT2D eigenvalue weighted by Crippen LogP contribution is -2.47. The van der Waals surface area contributed by atoms with E-state index >= 15 is 0 Å². The van der Waals surface area contributed by atoms with Crippen LogP contribution in [0.4, 0.5) is 0 Å². The first-order chi connectivity index (χ1) is 8.56. The summed E-state index contributed by atoms with van der Waals surface area (Å²) >= 11 is 0. The van der Waals surface area contributed by atoms with Gasteiger partial charge in [-0.25, -0.2) is 14.2 Å². The van der Waals surface area contributed by atoms with Crippen molar-refractivity contribution in [3.63, 3.8) is 0 Å². The van der Waals surface area contributed by atoms with E-state index in [1.165, 1.54) is 0 Å². The van der Waals surface area contributed by atoms with Gasteiger partial charge in [-0.3, -0.25) is 0 Å². The first kappa shape index (κ1) is 12.8. The summed E-state index contributed by atoms with van der Waals surface area (Å²) in [5, 5.41) is 0. The highest BCUT2D eigenvalue weighted by Gasteiger charge is 2.30. The molecule has 5 nitrogen and oxygen atoms in total. The molecule has 1 aliphatic heterocycles. The summed E-state index contributed by atoms with van der Waals surface area (Å²) in [4.78, 5) is 24.1. The molecule has 0 saturated carbocycles. The number of hydrogen-bond acceptors (Lipinski definition) is 3. The third-order valence-corrected chi connectivity index (χ3v) is 3.42. The van der Waals surface area contributed by atoms with E-state index in [1.54, 1.807) is 17.7 Å². The molecular formula is C13H19N2O3+. The molecule has 0 amide bonds. The summed E-state index contributed by atoms with van der Waals surface area (Å²) < 4.78 is 8.52. The summed E-state index contributed by atoms with van der Waals surface area (Å²) in [7, 11) is 1.87. The van der Waals surface area contributed by atoms with Crippen LogP contribution in [-0.2, 0) is 18.2 Å². The number of nitrogens with zero attached hydrogens (tertiary/aromatic N) is 2. The van der Waals surface area contributed by atoms with Crippen LogP contribution in [0.3, 0.4) is 0 Å². The van der Waals surface area contributed by atoms with Crippen LogP contribution in [0.25, 0.3) is 0 Å². The predicted octanol–water partition coefficient (Wildman–Crippen LogP) is 0.747. The van der Waals surface area contributed by atoms with E-state index in [0.29, 0.717) is 0 Å².